The molecule has 0 aliphatic rings. The number of hydrogen-bond donors (Lipinski definition) is 2. The lowest BCUT2D eigenvalue weighted by molar-refractivity contribution is 0.1000. The highest BCUT2D eigenvalue weighted by molar-refractivity contribution is 5.93. The number of nitrogens with zero attached hydrogens (tertiary/aromatic N) is 1. The topological polar surface area (TPSA) is 86.5 Å². The van der Waals surface area contributed by atoms with E-state index < -0.39 is 5.91 Å². The summed E-state index contributed by atoms with van der Waals surface area (Å²) in [6.07, 6.45) is 1.53. The minimum Gasteiger partial charge on any atom is -0.493 e. The van der Waals surface area contributed by atoms with E-state index in [-0.39, 0.29) is 0 Å². The number of hydrogen-bond acceptors (Lipinski definition) is 5. The maximum atomic E-state index is 11.2. The average Bonchev–Trinajstić information content (AvgIpc) is 2.64. The molecule has 0 saturated heterocycles. The summed E-state index contributed by atoms with van der Waals surface area (Å²) in [7, 11) is 1.60. The Morgan fingerprint density at radius 1 is 1.04 bits per heavy atom. The van der Waals surface area contributed by atoms with Gasteiger partial charge in [0.1, 0.15) is 11.6 Å². The first-order valence-corrected chi connectivity index (χ1v) is 7.59. The van der Waals surface area contributed by atoms with Gasteiger partial charge >= 0.3 is 0 Å². The van der Waals surface area contributed by atoms with Gasteiger partial charge in [0, 0.05) is 17.4 Å². The molecule has 1 aromatic heterocycles. The molecule has 2 aromatic carbocycles. The van der Waals surface area contributed by atoms with E-state index in [9.17, 15) is 4.79 Å². The van der Waals surface area contributed by atoms with Crippen molar-refractivity contribution in [3.05, 3.63) is 72.4 Å². The highest BCUT2D eigenvalue weighted by Crippen LogP contribution is 2.31. The number of benzene rings is 2. The number of rotatable bonds is 6. The van der Waals surface area contributed by atoms with Crippen LogP contribution in [-0.2, 0) is 0 Å². The van der Waals surface area contributed by atoms with Crippen molar-refractivity contribution in [2.45, 2.75) is 0 Å². The lowest BCUT2D eigenvalue weighted by Crippen LogP contribution is -2.11. The van der Waals surface area contributed by atoms with Gasteiger partial charge in [-0.15, -0.1) is 0 Å². The van der Waals surface area contributed by atoms with Crippen LogP contribution < -0.4 is 20.5 Å². The van der Waals surface area contributed by atoms with Crippen LogP contribution in [0.3, 0.4) is 0 Å². The highest BCUT2D eigenvalue weighted by atomic mass is 16.5. The number of nitrogens with two attached hydrogens (primary N) is 1. The summed E-state index contributed by atoms with van der Waals surface area (Å²) in [6, 6.07) is 18.0. The molecule has 0 bridgehead atoms. The van der Waals surface area contributed by atoms with Gasteiger partial charge in [0.15, 0.2) is 11.5 Å². The van der Waals surface area contributed by atoms with Crippen LogP contribution in [0, 0.1) is 0 Å². The van der Waals surface area contributed by atoms with E-state index in [1.54, 1.807) is 19.2 Å². The average molecular weight is 335 g/mol. The standard InChI is InChI=1S/C19H17N3O3/c1-24-16-4-2-3-5-17(16)25-15-8-6-14(7-9-15)22-18-12-13(19(20)23)10-11-21-18/h2-12H,1H3,(H2,20,23)(H,21,22). The van der Waals surface area contributed by atoms with Gasteiger partial charge in [-0.25, -0.2) is 4.98 Å². The van der Waals surface area contributed by atoms with Crippen LogP contribution in [0.5, 0.6) is 17.2 Å². The maximum absolute atomic E-state index is 11.2. The van der Waals surface area contributed by atoms with Crippen LogP contribution in [0.15, 0.2) is 66.9 Å². The predicted molar refractivity (Wildman–Crippen MR) is 95.5 cm³/mol. The number of aromatic nitrogens is 1. The minimum atomic E-state index is -0.494. The molecule has 0 fully saturated rings. The zero-order valence-electron chi connectivity index (χ0n) is 13.6. The number of amides is 1. The van der Waals surface area contributed by atoms with Crippen LogP contribution >= 0.6 is 0 Å². The molecular weight excluding hydrogens is 318 g/mol. The number of nitrogens with one attached hydrogen (secondary N) is 1. The summed E-state index contributed by atoms with van der Waals surface area (Å²) >= 11 is 0. The number of methoxy groups -OCH3 is 1. The quantitative estimate of drug-likeness (QED) is 0.717. The van der Waals surface area contributed by atoms with E-state index in [1.165, 1.54) is 6.20 Å². The number of carbonyl (C=O) groups is 1. The molecule has 0 radical (unpaired) electrons. The first-order chi connectivity index (χ1) is 12.2. The number of primary amides is 1. The molecule has 3 N–H and O–H groups in total. The van der Waals surface area contributed by atoms with E-state index in [4.69, 9.17) is 15.2 Å². The predicted octanol–water partition coefficient (Wildman–Crippen LogP) is 3.73. The van der Waals surface area contributed by atoms with Crippen molar-refractivity contribution in [1.82, 2.24) is 4.98 Å². The Morgan fingerprint density at radius 3 is 2.44 bits per heavy atom. The number of carbonyl (C=O) groups excluding carboxylic acids is 1. The van der Waals surface area contributed by atoms with Crippen LogP contribution in [0.4, 0.5) is 11.5 Å². The fraction of sp³-hybridized carbons (Fsp3) is 0.0526. The van der Waals surface area contributed by atoms with Crippen molar-refractivity contribution in [3.8, 4) is 17.2 Å². The first-order valence-electron chi connectivity index (χ1n) is 7.59. The van der Waals surface area contributed by atoms with Gasteiger partial charge in [0.25, 0.3) is 0 Å². The van der Waals surface area contributed by atoms with E-state index in [0.29, 0.717) is 28.6 Å². The van der Waals surface area contributed by atoms with Crippen molar-refractivity contribution < 1.29 is 14.3 Å². The number of ether oxygens (including phenoxy) is 2. The van der Waals surface area contributed by atoms with E-state index in [2.05, 4.69) is 10.3 Å². The lowest BCUT2D eigenvalue weighted by Gasteiger charge is -2.11. The molecule has 0 atom stereocenters. The van der Waals surface area contributed by atoms with Crippen LogP contribution in [-0.4, -0.2) is 18.0 Å². The summed E-state index contributed by atoms with van der Waals surface area (Å²) < 4.78 is 11.1. The molecule has 3 aromatic rings. The Labute approximate surface area is 145 Å². The van der Waals surface area contributed by atoms with Gasteiger partial charge in [0.2, 0.25) is 5.91 Å². The third-order valence-electron chi connectivity index (χ3n) is 3.47. The van der Waals surface area contributed by atoms with Crippen molar-refractivity contribution in [2.75, 3.05) is 12.4 Å². The second kappa shape index (κ2) is 7.35. The molecule has 0 unspecified atom stereocenters. The molecule has 6 nitrogen and oxygen atoms in total. The van der Waals surface area contributed by atoms with Gasteiger partial charge in [0.05, 0.1) is 7.11 Å². The number of para-hydroxylation sites is 2. The van der Waals surface area contributed by atoms with Gasteiger partial charge < -0.3 is 20.5 Å². The smallest absolute Gasteiger partial charge is 0.248 e. The molecular formula is C19H17N3O3. The summed E-state index contributed by atoms with van der Waals surface area (Å²) in [5.41, 5.74) is 6.48. The molecule has 0 aliphatic heterocycles. The maximum Gasteiger partial charge on any atom is 0.248 e. The summed E-state index contributed by atoms with van der Waals surface area (Å²) in [5, 5.41) is 3.11. The summed E-state index contributed by atoms with van der Waals surface area (Å²) in [5.74, 6) is 2.02. The fourth-order valence-corrected chi connectivity index (χ4v) is 2.24. The fourth-order valence-electron chi connectivity index (χ4n) is 2.24. The Balaban J connectivity index is 1.72. The number of anilines is 2. The monoisotopic (exact) mass is 335 g/mol. The van der Waals surface area contributed by atoms with E-state index >= 15 is 0 Å². The van der Waals surface area contributed by atoms with Gasteiger partial charge in [-0.1, -0.05) is 12.1 Å². The Morgan fingerprint density at radius 2 is 1.76 bits per heavy atom. The molecule has 0 spiro atoms. The third-order valence-corrected chi connectivity index (χ3v) is 3.47. The van der Waals surface area contributed by atoms with Crippen LogP contribution in [0.25, 0.3) is 0 Å². The molecule has 1 amide bonds. The largest absolute Gasteiger partial charge is 0.493 e. The van der Waals surface area contributed by atoms with Gasteiger partial charge in [-0.2, -0.15) is 0 Å². The van der Waals surface area contributed by atoms with Crippen LogP contribution in [0.1, 0.15) is 10.4 Å². The van der Waals surface area contributed by atoms with Crippen LogP contribution in [0.2, 0.25) is 0 Å². The van der Waals surface area contributed by atoms with Crippen molar-refractivity contribution in [3.63, 3.8) is 0 Å². The zero-order chi connectivity index (χ0) is 17.6. The zero-order valence-corrected chi connectivity index (χ0v) is 13.6. The molecule has 126 valence electrons. The van der Waals surface area contributed by atoms with Gasteiger partial charge in [-0.05, 0) is 48.5 Å². The molecule has 0 saturated carbocycles. The lowest BCUT2D eigenvalue weighted by atomic mass is 10.2. The molecule has 3 rings (SSSR count). The Bertz CT molecular complexity index is 879. The second-order valence-corrected chi connectivity index (χ2v) is 5.20. The summed E-state index contributed by atoms with van der Waals surface area (Å²) in [4.78, 5) is 15.4. The van der Waals surface area contributed by atoms with E-state index in [1.807, 2.05) is 48.5 Å². The van der Waals surface area contributed by atoms with Crippen molar-refractivity contribution >= 4 is 17.4 Å². The van der Waals surface area contributed by atoms with Crippen molar-refractivity contribution in [2.24, 2.45) is 5.73 Å². The molecule has 0 aliphatic carbocycles. The number of pyridine rings is 1. The van der Waals surface area contributed by atoms with Crippen molar-refractivity contribution in [1.29, 1.82) is 0 Å². The molecule has 25 heavy (non-hydrogen) atoms. The van der Waals surface area contributed by atoms with E-state index in [0.717, 1.165) is 5.69 Å². The Kier molecular flexibility index (Phi) is 4.80. The summed E-state index contributed by atoms with van der Waals surface area (Å²) in [6.45, 7) is 0. The second-order valence-electron chi connectivity index (χ2n) is 5.20. The SMILES string of the molecule is COc1ccccc1Oc1ccc(Nc2cc(C(N)=O)ccn2)cc1. The van der Waals surface area contributed by atoms with Gasteiger partial charge in [-0.3, -0.25) is 4.79 Å². The molecule has 1 heterocycles. The highest BCUT2D eigenvalue weighted by Gasteiger charge is 2.05. The Hall–Kier alpha value is -3.54. The normalized spacial score (nSPS) is 10.1. The molecule has 6 heteroatoms. The first kappa shape index (κ1) is 16.3. The minimum absolute atomic E-state index is 0.397. The third kappa shape index (κ3) is 4.06.